The Bertz CT molecular complexity index is 438. The molecule has 2 rings (SSSR count). The minimum atomic E-state index is 0.536. The van der Waals surface area contributed by atoms with Crippen LogP contribution in [-0.4, -0.2) is 32.3 Å². The number of rotatable bonds is 5. The van der Waals surface area contributed by atoms with Crippen LogP contribution in [0.2, 0.25) is 5.02 Å². The molecule has 0 amide bonds. The summed E-state index contributed by atoms with van der Waals surface area (Å²) in [6, 6.07) is 7.19. The fourth-order valence-corrected chi connectivity index (χ4v) is 3.11. The Morgan fingerprint density at radius 2 is 2.20 bits per heavy atom. The van der Waals surface area contributed by atoms with Crippen molar-refractivity contribution in [2.45, 2.75) is 45.2 Å². The van der Waals surface area contributed by atoms with Gasteiger partial charge in [0.25, 0.3) is 0 Å². The minimum absolute atomic E-state index is 0.536. The number of ether oxygens (including phenoxy) is 1. The third-order valence-corrected chi connectivity index (χ3v) is 4.39. The number of nitrogens with one attached hydrogen (secondary N) is 1. The average Bonchev–Trinajstić information content (AvgIpc) is 2.48. The van der Waals surface area contributed by atoms with Gasteiger partial charge >= 0.3 is 0 Å². The summed E-state index contributed by atoms with van der Waals surface area (Å²) in [5.74, 6) is 0.754. The maximum Gasteiger partial charge on any atom is 0.139 e. The van der Waals surface area contributed by atoms with Crippen LogP contribution in [0.3, 0.4) is 0 Å². The monoisotopic (exact) mass is 296 g/mol. The smallest absolute Gasteiger partial charge is 0.139 e. The normalized spacial score (nSPS) is 22.9. The fraction of sp³-hybridized carbons (Fsp3) is 0.625. The highest BCUT2D eigenvalue weighted by atomic mass is 35.5. The van der Waals surface area contributed by atoms with E-state index in [4.69, 9.17) is 16.3 Å². The molecular weight excluding hydrogens is 272 g/mol. The first-order valence-corrected chi connectivity index (χ1v) is 7.90. The molecule has 0 aromatic heterocycles. The van der Waals surface area contributed by atoms with E-state index in [-0.39, 0.29) is 0 Å². The van der Waals surface area contributed by atoms with Crippen LogP contribution >= 0.6 is 11.6 Å². The predicted octanol–water partition coefficient (Wildman–Crippen LogP) is 3.71. The van der Waals surface area contributed by atoms with Gasteiger partial charge < -0.3 is 15.0 Å². The Labute approximate surface area is 127 Å². The van der Waals surface area contributed by atoms with Crippen molar-refractivity contribution in [2.24, 2.45) is 0 Å². The van der Waals surface area contributed by atoms with Crippen LogP contribution in [0.1, 0.15) is 33.1 Å². The van der Waals surface area contributed by atoms with Crippen LogP contribution in [0.25, 0.3) is 0 Å². The molecule has 2 unspecified atom stereocenters. The second-order valence-electron chi connectivity index (χ2n) is 5.43. The molecule has 2 atom stereocenters. The molecule has 1 aliphatic heterocycles. The first-order valence-electron chi connectivity index (χ1n) is 7.53. The second kappa shape index (κ2) is 7.19. The van der Waals surface area contributed by atoms with Crippen molar-refractivity contribution in [3.63, 3.8) is 0 Å². The zero-order valence-electron chi connectivity index (χ0n) is 12.7. The van der Waals surface area contributed by atoms with E-state index in [1.807, 2.05) is 6.07 Å². The van der Waals surface area contributed by atoms with E-state index in [9.17, 15) is 0 Å². The summed E-state index contributed by atoms with van der Waals surface area (Å²) in [6.45, 7) is 6.58. The van der Waals surface area contributed by atoms with Gasteiger partial charge in [-0.25, -0.2) is 0 Å². The van der Waals surface area contributed by atoms with Crippen molar-refractivity contribution >= 4 is 17.3 Å². The van der Waals surface area contributed by atoms with Crippen molar-refractivity contribution < 1.29 is 4.74 Å². The van der Waals surface area contributed by atoms with E-state index in [1.54, 1.807) is 7.11 Å². The minimum Gasteiger partial charge on any atom is -0.495 e. The van der Waals surface area contributed by atoms with Gasteiger partial charge in [-0.2, -0.15) is 0 Å². The van der Waals surface area contributed by atoms with Crippen LogP contribution in [0.5, 0.6) is 5.75 Å². The van der Waals surface area contributed by atoms with Gasteiger partial charge in [0, 0.05) is 36.9 Å². The van der Waals surface area contributed by atoms with Crippen LogP contribution < -0.4 is 15.0 Å². The van der Waals surface area contributed by atoms with E-state index < -0.39 is 0 Å². The molecule has 3 nitrogen and oxygen atoms in total. The highest BCUT2D eigenvalue weighted by molar-refractivity contribution is 6.32. The summed E-state index contributed by atoms with van der Waals surface area (Å²) >= 11 is 6.13. The van der Waals surface area contributed by atoms with E-state index in [0.29, 0.717) is 17.1 Å². The first kappa shape index (κ1) is 15.5. The quantitative estimate of drug-likeness (QED) is 0.896. The molecule has 0 bridgehead atoms. The third kappa shape index (κ3) is 3.39. The van der Waals surface area contributed by atoms with Gasteiger partial charge in [-0.15, -0.1) is 0 Å². The Balaban J connectivity index is 2.21. The van der Waals surface area contributed by atoms with Crippen LogP contribution in [-0.2, 0) is 0 Å². The van der Waals surface area contributed by atoms with Crippen molar-refractivity contribution in [2.75, 3.05) is 25.1 Å². The van der Waals surface area contributed by atoms with Gasteiger partial charge in [0.05, 0.1) is 12.1 Å². The maximum atomic E-state index is 6.13. The summed E-state index contributed by atoms with van der Waals surface area (Å²) in [4.78, 5) is 2.50. The SMILES string of the molecule is CCCC1CN(c2ccc(Cl)c(OC)c2)C(CC)CN1. The Morgan fingerprint density at radius 1 is 1.40 bits per heavy atom. The molecule has 1 N–H and O–H groups in total. The molecule has 0 saturated carbocycles. The Kier molecular flexibility index (Phi) is 5.55. The summed E-state index contributed by atoms with van der Waals surface area (Å²) in [5, 5.41) is 4.33. The summed E-state index contributed by atoms with van der Waals surface area (Å²) in [5.41, 5.74) is 1.21. The Morgan fingerprint density at radius 3 is 2.85 bits per heavy atom. The summed E-state index contributed by atoms with van der Waals surface area (Å²) in [7, 11) is 1.67. The zero-order valence-corrected chi connectivity index (χ0v) is 13.4. The lowest BCUT2D eigenvalue weighted by atomic mass is 10.0. The van der Waals surface area contributed by atoms with Crippen molar-refractivity contribution in [1.82, 2.24) is 5.32 Å². The molecule has 112 valence electrons. The first-order chi connectivity index (χ1) is 9.69. The zero-order chi connectivity index (χ0) is 14.5. The topological polar surface area (TPSA) is 24.5 Å². The highest BCUT2D eigenvalue weighted by Gasteiger charge is 2.26. The third-order valence-electron chi connectivity index (χ3n) is 4.07. The molecule has 1 saturated heterocycles. The Hall–Kier alpha value is -0.930. The van der Waals surface area contributed by atoms with Crippen LogP contribution in [0.4, 0.5) is 5.69 Å². The average molecular weight is 297 g/mol. The van der Waals surface area contributed by atoms with Crippen LogP contribution in [0.15, 0.2) is 18.2 Å². The number of hydrogen-bond donors (Lipinski definition) is 1. The number of benzene rings is 1. The molecule has 1 aliphatic rings. The van der Waals surface area contributed by atoms with E-state index >= 15 is 0 Å². The van der Waals surface area contributed by atoms with Crippen LogP contribution in [0, 0.1) is 0 Å². The molecule has 1 fully saturated rings. The van der Waals surface area contributed by atoms with Crippen molar-refractivity contribution in [3.8, 4) is 5.75 Å². The van der Waals surface area contributed by atoms with Crippen molar-refractivity contribution in [1.29, 1.82) is 0 Å². The summed E-state index contributed by atoms with van der Waals surface area (Å²) in [6.07, 6.45) is 3.57. The molecule has 0 aliphatic carbocycles. The number of piperazine rings is 1. The highest BCUT2D eigenvalue weighted by Crippen LogP contribution is 2.31. The molecule has 1 aromatic carbocycles. The number of methoxy groups -OCH3 is 1. The van der Waals surface area contributed by atoms with Crippen molar-refractivity contribution in [3.05, 3.63) is 23.2 Å². The molecule has 20 heavy (non-hydrogen) atoms. The predicted molar refractivity (Wildman–Crippen MR) is 86.1 cm³/mol. The summed E-state index contributed by atoms with van der Waals surface area (Å²) < 4.78 is 5.35. The largest absolute Gasteiger partial charge is 0.495 e. The van der Waals surface area contributed by atoms with E-state index in [2.05, 4.69) is 36.2 Å². The lowest BCUT2D eigenvalue weighted by Gasteiger charge is -2.42. The van der Waals surface area contributed by atoms with Gasteiger partial charge in [0.15, 0.2) is 0 Å². The molecule has 0 radical (unpaired) electrons. The lowest BCUT2D eigenvalue weighted by Crippen LogP contribution is -2.56. The molecular formula is C16H25ClN2O. The fourth-order valence-electron chi connectivity index (χ4n) is 2.91. The number of anilines is 1. The van der Waals surface area contributed by atoms with Gasteiger partial charge in [-0.1, -0.05) is 31.9 Å². The second-order valence-corrected chi connectivity index (χ2v) is 5.83. The van der Waals surface area contributed by atoms with Gasteiger partial charge in [-0.3, -0.25) is 0 Å². The molecule has 0 spiro atoms. The standard InChI is InChI=1S/C16H25ClN2O/c1-4-6-12-11-19(13(5-2)10-18-12)14-7-8-15(17)16(9-14)20-3/h7-9,12-13,18H,4-6,10-11H2,1-3H3. The van der Waals surface area contributed by atoms with Gasteiger partial charge in [-0.05, 0) is 25.0 Å². The molecule has 1 heterocycles. The van der Waals surface area contributed by atoms with E-state index in [1.165, 1.54) is 18.5 Å². The van der Waals surface area contributed by atoms with Gasteiger partial charge in [0.1, 0.15) is 5.75 Å². The molecule has 4 heteroatoms. The number of nitrogens with zero attached hydrogens (tertiary/aromatic N) is 1. The van der Waals surface area contributed by atoms with E-state index in [0.717, 1.165) is 25.3 Å². The number of hydrogen-bond acceptors (Lipinski definition) is 3. The van der Waals surface area contributed by atoms with Gasteiger partial charge in [0.2, 0.25) is 0 Å². The molecule has 1 aromatic rings. The lowest BCUT2D eigenvalue weighted by molar-refractivity contribution is 0.368. The number of halogens is 1. The maximum absolute atomic E-state index is 6.13.